The molecule has 0 radical (unpaired) electrons. The van der Waals surface area contributed by atoms with E-state index in [1.165, 1.54) is 42.5 Å². The Bertz CT molecular complexity index is 1260. The predicted octanol–water partition coefficient (Wildman–Crippen LogP) is 4.45. The number of rotatable bonds is 11. The Morgan fingerprint density at radius 2 is 1.71 bits per heavy atom. The number of hydrogen-bond donors (Lipinski definition) is 2. The summed E-state index contributed by atoms with van der Waals surface area (Å²) in [6.07, 6.45) is 0. The first kappa shape index (κ1) is 26.2. The van der Waals surface area contributed by atoms with Crippen molar-refractivity contribution in [2.45, 2.75) is 24.8 Å². The summed E-state index contributed by atoms with van der Waals surface area (Å²) in [5.41, 5.74) is 1.02. The monoisotopic (exact) mass is 499 g/mol. The summed E-state index contributed by atoms with van der Waals surface area (Å²) < 4.78 is 47.1. The number of nitrogens with one attached hydrogen (secondary N) is 2. The average molecular weight is 500 g/mol. The van der Waals surface area contributed by atoms with E-state index < -0.39 is 21.7 Å². The third-order valence-electron chi connectivity index (χ3n) is 5.71. The van der Waals surface area contributed by atoms with E-state index in [0.29, 0.717) is 6.54 Å². The van der Waals surface area contributed by atoms with Crippen LogP contribution in [-0.2, 0) is 10.0 Å². The molecule has 3 aromatic carbocycles. The van der Waals surface area contributed by atoms with Gasteiger partial charge in [0.1, 0.15) is 11.6 Å². The number of carbonyl (C=O) groups is 1. The molecular formula is C26H30FN3O4S. The molecule has 0 bridgehead atoms. The van der Waals surface area contributed by atoms with Crippen LogP contribution in [0.5, 0.6) is 5.75 Å². The van der Waals surface area contributed by atoms with Crippen LogP contribution in [0, 0.1) is 5.82 Å². The first-order valence-corrected chi connectivity index (χ1v) is 12.8. The third-order valence-corrected chi connectivity index (χ3v) is 7.08. The van der Waals surface area contributed by atoms with Crippen LogP contribution in [0.2, 0.25) is 0 Å². The second-order valence-corrected chi connectivity index (χ2v) is 9.52. The van der Waals surface area contributed by atoms with Crippen molar-refractivity contribution in [3.05, 3.63) is 89.7 Å². The van der Waals surface area contributed by atoms with Gasteiger partial charge < -0.3 is 10.1 Å². The minimum Gasteiger partial charge on any atom is -0.497 e. The Morgan fingerprint density at radius 3 is 2.40 bits per heavy atom. The van der Waals surface area contributed by atoms with Gasteiger partial charge in [-0.1, -0.05) is 44.2 Å². The first-order chi connectivity index (χ1) is 16.8. The van der Waals surface area contributed by atoms with Gasteiger partial charge in [-0.15, -0.1) is 0 Å². The Hall–Kier alpha value is -3.43. The molecule has 0 aliphatic rings. The molecule has 9 heteroatoms. The Balaban J connectivity index is 1.78. The van der Waals surface area contributed by atoms with Crippen LogP contribution in [0.4, 0.5) is 10.1 Å². The normalized spacial score (nSPS) is 12.3. The van der Waals surface area contributed by atoms with Crippen molar-refractivity contribution in [3.8, 4) is 5.75 Å². The summed E-state index contributed by atoms with van der Waals surface area (Å²) in [5, 5.41) is 2.92. The van der Waals surface area contributed by atoms with Gasteiger partial charge in [0.15, 0.2) is 0 Å². The molecule has 2 N–H and O–H groups in total. The molecule has 0 saturated carbocycles. The zero-order valence-electron chi connectivity index (χ0n) is 20.0. The number of benzene rings is 3. The highest BCUT2D eigenvalue weighted by Crippen LogP contribution is 2.24. The van der Waals surface area contributed by atoms with Crippen molar-refractivity contribution < 1.29 is 22.3 Å². The topological polar surface area (TPSA) is 87.7 Å². The number of anilines is 1. The fraction of sp³-hybridized carbons (Fsp3) is 0.269. The third kappa shape index (κ3) is 6.58. The second kappa shape index (κ2) is 11.8. The number of halogens is 1. The number of carbonyl (C=O) groups excluding carboxylic acids is 1. The summed E-state index contributed by atoms with van der Waals surface area (Å²) in [6.45, 7) is 5.98. The van der Waals surface area contributed by atoms with Crippen LogP contribution < -0.4 is 14.8 Å². The van der Waals surface area contributed by atoms with Gasteiger partial charge in [0.05, 0.1) is 23.7 Å². The fourth-order valence-electron chi connectivity index (χ4n) is 3.81. The molecule has 0 saturated heterocycles. The molecule has 1 unspecified atom stereocenters. The standard InChI is InChI=1S/C26H30FN3O4S/c1-4-30(5-2)25(19-10-8-12-21(16-19)34-3)18-28-26(31)20-11-9-13-22(17-20)35(32,33)29-24-15-7-6-14-23(24)27/h6-17,25,29H,4-5,18H2,1-3H3,(H,28,31). The van der Waals surface area contributed by atoms with Crippen molar-refractivity contribution >= 4 is 21.6 Å². The number of ether oxygens (including phenoxy) is 1. The minimum absolute atomic E-state index is 0.0984. The van der Waals surface area contributed by atoms with E-state index in [1.54, 1.807) is 7.11 Å². The highest BCUT2D eigenvalue weighted by atomic mass is 32.2. The molecular weight excluding hydrogens is 469 g/mol. The van der Waals surface area contributed by atoms with Crippen molar-refractivity contribution in [3.63, 3.8) is 0 Å². The molecule has 0 aromatic heterocycles. The minimum atomic E-state index is -4.09. The number of amides is 1. The SMILES string of the molecule is CCN(CC)C(CNC(=O)c1cccc(S(=O)(=O)Nc2ccccc2F)c1)c1cccc(OC)c1. The van der Waals surface area contributed by atoms with Crippen molar-refractivity contribution in [1.29, 1.82) is 0 Å². The highest BCUT2D eigenvalue weighted by Gasteiger charge is 2.21. The molecule has 35 heavy (non-hydrogen) atoms. The average Bonchev–Trinajstić information content (AvgIpc) is 2.87. The van der Waals surface area contributed by atoms with Crippen molar-refractivity contribution in [1.82, 2.24) is 10.2 Å². The van der Waals surface area contributed by atoms with Gasteiger partial charge in [-0.3, -0.25) is 14.4 Å². The van der Waals surface area contributed by atoms with Crippen LogP contribution in [-0.4, -0.2) is 46.0 Å². The van der Waals surface area contributed by atoms with E-state index in [0.717, 1.165) is 30.5 Å². The number of sulfonamides is 1. The van der Waals surface area contributed by atoms with Crippen LogP contribution in [0.15, 0.2) is 77.7 Å². The number of likely N-dealkylation sites (N-methyl/N-ethyl adjacent to an activating group) is 1. The Morgan fingerprint density at radius 1 is 1.00 bits per heavy atom. The van der Waals surface area contributed by atoms with Gasteiger partial charge in [0, 0.05) is 12.1 Å². The molecule has 0 heterocycles. The van der Waals surface area contributed by atoms with E-state index in [1.807, 2.05) is 24.3 Å². The first-order valence-electron chi connectivity index (χ1n) is 11.3. The lowest BCUT2D eigenvalue weighted by Gasteiger charge is -2.30. The molecule has 186 valence electrons. The van der Waals surface area contributed by atoms with Gasteiger partial charge in [-0.25, -0.2) is 12.8 Å². The second-order valence-electron chi connectivity index (χ2n) is 7.84. The summed E-state index contributed by atoms with van der Waals surface area (Å²) in [7, 11) is -2.48. The van der Waals surface area contributed by atoms with Gasteiger partial charge >= 0.3 is 0 Å². The zero-order chi connectivity index (χ0) is 25.4. The van der Waals surface area contributed by atoms with E-state index in [9.17, 15) is 17.6 Å². The molecule has 0 spiro atoms. The van der Waals surface area contributed by atoms with Crippen LogP contribution in [0.25, 0.3) is 0 Å². The molecule has 7 nitrogen and oxygen atoms in total. The van der Waals surface area contributed by atoms with Crippen LogP contribution >= 0.6 is 0 Å². The number of para-hydroxylation sites is 1. The van der Waals surface area contributed by atoms with Gasteiger partial charge in [0.2, 0.25) is 0 Å². The van der Waals surface area contributed by atoms with E-state index in [2.05, 4.69) is 28.8 Å². The molecule has 1 amide bonds. The predicted molar refractivity (Wildman–Crippen MR) is 135 cm³/mol. The summed E-state index contributed by atoms with van der Waals surface area (Å²) >= 11 is 0. The van der Waals surface area contributed by atoms with Crippen LogP contribution in [0.3, 0.4) is 0 Å². The van der Waals surface area contributed by atoms with Crippen LogP contribution in [0.1, 0.15) is 35.8 Å². The molecule has 0 fully saturated rings. The maximum atomic E-state index is 13.9. The number of nitrogens with zero attached hydrogens (tertiary/aromatic N) is 1. The van der Waals surface area contributed by atoms with E-state index in [-0.39, 0.29) is 22.2 Å². The Labute approximate surface area is 206 Å². The lowest BCUT2D eigenvalue weighted by Crippen LogP contribution is -2.38. The summed E-state index contributed by atoms with van der Waals surface area (Å²) in [4.78, 5) is 15.0. The molecule has 3 rings (SSSR count). The fourth-order valence-corrected chi connectivity index (χ4v) is 4.93. The molecule has 0 aliphatic heterocycles. The number of hydrogen-bond acceptors (Lipinski definition) is 5. The highest BCUT2D eigenvalue weighted by molar-refractivity contribution is 7.92. The van der Waals surface area contributed by atoms with E-state index in [4.69, 9.17) is 4.74 Å². The van der Waals surface area contributed by atoms with E-state index >= 15 is 0 Å². The van der Waals surface area contributed by atoms with Gasteiger partial charge in [-0.05, 0) is 61.1 Å². The van der Waals surface area contributed by atoms with Crippen molar-refractivity contribution in [2.75, 3.05) is 31.5 Å². The van der Waals surface area contributed by atoms with Crippen molar-refractivity contribution in [2.24, 2.45) is 0 Å². The molecule has 1 atom stereocenters. The zero-order valence-corrected chi connectivity index (χ0v) is 20.8. The largest absolute Gasteiger partial charge is 0.497 e. The Kier molecular flexibility index (Phi) is 8.84. The lowest BCUT2D eigenvalue weighted by molar-refractivity contribution is 0.0934. The quantitative estimate of drug-likeness (QED) is 0.407. The lowest BCUT2D eigenvalue weighted by atomic mass is 10.0. The summed E-state index contributed by atoms with van der Waals surface area (Å²) in [5.74, 6) is -0.371. The molecule has 3 aromatic rings. The maximum Gasteiger partial charge on any atom is 0.262 e. The molecule has 0 aliphatic carbocycles. The maximum absolute atomic E-state index is 13.9. The van der Waals surface area contributed by atoms with Gasteiger partial charge in [-0.2, -0.15) is 0 Å². The number of methoxy groups -OCH3 is 1. The smallest absolute Gasteiger partial charge is 0.262 e. The van der Waals surface area contributed by atoms with Gasteiger partial charge in [0.25, 0.3) is 15.9 Å². The summed E-state index contributed by atoms with van der Waals surface area (Å²) in [6, 6.07) is 18.7.